The number of carbonyl (C=O) groups is 3. The van der Waals surface area contributed by atoms with E-state index in [1.807, 2.05) is 55.4 Å². The third-order valence-corrected chi connectivity index (χ3v) is 6.15. The van der Waals surface area contributed by atoms with Crippen LogP contribution >= 0.6 is 0 Å². The minimum absolute atomic E-state index is 0.0144. The Morgan fingerprint density at radius 3 is 1.71 bits per heavy atom. The summed E-state index contributed by atoms with van der Waals surface area (Å²) in [5.41, 5.74) is 1.49. The van der Waals surface area contributed by atoms with Crippen molar-refractivity contribution in [2.45, 2.75) is 139 Å². The van der Waals surface area contributed by atoms with Gasteiger partial charge < -0.3 is 25.4 Å². The highest BCUT2D eigenvalue weighted by Crippen LogP contribution is 2.17. The Kier molecular flexibility index (Phi) is 43.9. The molecule has 0 radical (unpaired) electrons. The molecule has 1 saturated carbocycles. The Labute approximate surface area is 302 Å². The third kappa shape index (κ3) is 40.7. The molecule has 1 aliphatic carbocycles. The standard InChI is InChI=1S/C11H15N.C8H14N2O3.C5H12O.C4H7NO.C4H10.2C2H6.2C2H2/c1-2-6-11(7-3-1)10-12-8-4-5-9-12;1-6-2-7(12)4-10(6)8(13)3-9-5-11;1-5(2,3)6-4;6-3-5-4-1-2-4;1-4(2)3;4*1-2/h1-3,6-7H,4-5,8-10H2;5-7,12H,2-4H2,1H3,(H,9,11);1-4H3;3-4H,1-2H2,(H,5,6);4H,1-3H3;2*1-2H3;2*1-2H/t;6-,7+;;;;;;;/m.1......./s1. The lowest BCUT2D eigenvalue weighted by Crippen LogP contribution is -2.40. The van der Waals surface area contributed by atoms with E-state index in [-0.39, 0.29) is 24.1 Å². The van der Waals surface area contributed by atoms with E-state index in [2.05, 4.69) is 92.3 Å². The molecule has 3 fully saturated rings. The van der Waals surface area contributed by atoms with E-state index < -0.39 is 6.10 Å². The molecule has 4 rings (SSSR count). The Morgan fingerprint density at radius 1 is 0.959 bits per heavy atom. The molecular formula is C40H74N4O5. The number of nitrogens with zero attached hydrogens (tertiary/aromatic N) is 2. The summed E-state index contributed by atoms with van der Waals surface area (Å²) >= 11 is 0. The van der Waals surface area contributed by atoms with E-state index in [1.165, 1.54) is 44.3 Å². The van der Waals surface area contributed by atoms with Crippen LogP contribution in [0.3, 0.4) is 0 Å². The van der Waals surface area contributed by atoms with Crippen molar-refractivity contribution >= 4 is 18.7 Å². The molecule has 3 amide bonds. The van der Waals surface area contributed by atoms with Crippen LogP contribution in [-0.4, -0.2) is 90.7 Å². The topological polar surface area (TPSA) is 111 Å². The molecule has 1 aromatic rings. The van der Waals surface area contributed by atoms with Crippen LogP contribution in [-0.2, 0) is 25.7 Å². The van der Waals surface area contributed by atoms with Crippen molar-refractivity contribution in [3.05, 3.63) is 35.9 Å². The highest BCUT2D eigenvalue weighted by molar-refractivity contribution is 5.80. The zero-order valence-electron chi connectivity index (χ0n) is 33.2. The van der Waals surface area contributed by atoms with Gasteiger partial charge in [-0.3, -0.25) is 19.3 Å². The highest BCUT2D eigenvalue weighted by Gasteiger charge is 2.30. The molecule has 2 atom stereocenters. The maximum absolute atomic E-state index is 11.4. The van der Waals surface area contributed by atoms with Crippen molar-refractivity contribution in [1.29, 1.82) is 0 Å². The van der Waals surface area contributed by atoms with Gasteiger partial charge in [0.25, 0.3) is 0 Å². The predicted molar refractivity (Wildman–Crippen MR) is 209 cm³/mol. The monoisotopic (exact) mass is 691 g/mol. The number of ether oxygens (including phenoxy) is 1. The molecule has 49 heavy (non-hydrogen) atoms. The molecule has 0 spiro atoms. The number of methoxy groups -OCH3 is 1. The third-order valence-electron chi connectivity index (χ3n) is 6.15. The summed E-state index contributed by atoms with van der Waals surface area (Å²) in [6.07, 6.45) is 22.6. The smallest absolute Gasteiger partial charge is 0.242 e. The van der Waals surface area contributed by atoms with Crippen molar-refractivity contribution < 1.29 is 24.2 Å². The van der Waals surface area contributed by atoms with Crippen molar-refractivity contribution in [1.82, 2.24) is 20.4 Å². The van der Waals surface area contributed by atoms with Gasteiger partial charge in [0.2, 0.25) is 18.7 Å². The molecular weight excluding hydrogens is 616 g/mol. The predicted octanol–water partition coefficient (Wildman–Crippen LogP) is 6.54. The quantitative estimate of drug-likeness (QED) is 0.222. The second-order valence-corrected chi connectivity index (χ2v) is 12.4. The molecule has 9 heteroatoms. The summed E-state index contributed by atoms with van der Waals surface area (Å²) in [6.45, 7) is 26.5. The molecule has 0 unspecified atom stereocenters. The summed E-state index contributed by atoms with van der Waals surface area (Å²) in [4.78, 5) is 34.9. The number of nitrogens with one attached hydrogen (secondary N) is 2. The van der Waals surface area contributed by atoms with Crippen LogP contribution in [0.5, 0.6) is 0 Å². The number of aliphatic hydroxyl groups excluding tert-OH is 1. The van der Waals surface area contributed by atoms with Gasteiger partial charge in [0.1, 0.15) is 0 Å². The average molecular weight is 691 g/mol. The fourth-order valence-electron chi connectivity index (χ4n) is 3.71. The number of carbonyl (C=O) groups excluding carboxylic acids is 3. The Balaban J connectivity index is -0.000000164. The molecule has 0 bridgehead atoms. The number of likely N-dealkylation sites (tertiary alicyclic amines) is 2. The van der Waals surface area contributed by atoms with Crippen LogP contribution in [0.25, 0.3) is 0 Å². The second kappa shape index (κ2) is 39.1. The van der Waals surface area contributed by atoms with Gasteiger partial charge in [0.05, 0.1) is 18.2 Å². The van der Waals surface area contributed by atoms with Crippen LogP contribution < -0.4 is 10.6 Å². The number of hydrogen-bond acceptors (Lipinski definition) is 6. The van der Waals surface area contributed by atoms with Crippen molar-refractivity contribution in [2.75, 3.05) is 33.3 Å². The van der Waals surface area contributed by atoms with Gasteiger partial charge in [-0.05, 0) is 84.4 Å². The first-order valence-electron chi connectivity index (χ1n) is 17.6. The van der Waals surface area contributed by atoms with Gasteiger partial charge in [0, 0.05) is 32.3 Å². The summed E-state index contributed by atoms with van der Waals surface area (Å²) < 4.78 is 4.94. The molecule has 3 aliphatic rings. The minimum Gasteiger partial charge on any atom is -0.391 e. The zero-order chi connectivity index (χ0) is 39.3. The molecule has 0 aromatic heterocycles. The zero-order valence-corrected chi connectivity index (χ0v) is 33.2. The van der Waals surface area contributed by atoms with Gasteiger partial charge in [-0.25, -0.2) is 0 Å². The lowest BCUT2D eigenvalue weighted by molar-refractivity contribution is -0.132. The van der Waals surface area contributed by atoms with Gasteiger partial charge in [-0.15, -0.1) is 25.7 Å². The molecule has 3 N–H and O–H groups in total. The van der Waals surface area contributed by atoms with Crippen LogP contribution in [0.1, 0.15) is 114 Å². The maximum atomic E-state index is 11.4. The molecule has 2 aliphatic heterocycles. The van der Waals surface area contributed by atoms with Crippen LogP contribution in [0.4, 0.5) is 0 Å². The lowest BCUT2D eigenvalue weighted by atomic mass is 10.2. The van der Waals surface area contributed by atoms with Crippen LogP contribution in [0.15, 0.2) is 30.3 Å². The number of aliphatic hydroxyl groups is 1. The highest BCUT2D eigenvalue weighted by atomic mass is 16.5. The fourth-order valence-corrected chi connectivity index (χ4v) is 3.71. The number of benzene rings is 1. The molecule has 284 valence electrons. The van der Waals surface area contributed by atoms with Crippen molar-refractivity contribution in [2.24, 2.45) is 5.92 Å². The molecule has 9 nitrogen and oxygen atoms in total. The Bertz CT molecular complexity index is 881. The average Bonchev–Trinajstić information content (AvgIpc) is 3.65. The van der Waals surface area contributed by atoms with E-state index in [9.17, 15) is 19.5 Å². The van der Waals surface area contributed by atoms with E-state index >= 15 is 0 Å². The number of rotatable bonds is 7. The SMILES string of the molecule is C#C.C#C.CC.CC.CC(C)C.COC(C)(C)C.C[C@@H]1C[C@H](O)CN1C(=O)CNC=O.O=CNC1CC1.c1ccc(CN2CCCC2)cc1. The number of amides is 3. The largest absolute Gasteiger partial charge is 0.391 e. The summed E-state index contributed by atoms with van der Waals surface area (Å²) in [5, 5.41) is 14.2. The number of terminal acetylenes is 2. The van der Waals surface area contributed by atoms with Gasteiger partial charge in [-0.2, -0.15) is 0 Å². The normalized spacial score (nSPS) is 16.7. The first kappa shape index (κ1) is 55.1. The molecule has 1 aromatic carbocycles. The van der Waals surface area contributed by atoms with E-state index in [0.29, 0.717) is 25.4 Å². The fraction of sp³-hybridized carbons (Fsp3) is 0.675. The minimum atomic E-state index is -0.421. The van der Waals surface area contributed by atoms with Crippen molar-refractivity contribution in [3.63, 3.8) is 0 Å². The van der Waals surface area contributed by atoms with Gasteiger partial charge in [-0.1, -0.05) is 78.8 Å². The Hall–Kier alpha value is -3.37. The van der Waals surface area contributed by atoms with E-state index in [1.54, 1.807) is 12.0 Å². The summed E-state index contributed by atoms with van der Waals surface area (Å²) in [7, 11) is 1.71. The van der Waals surface area contributed by atoms with Gasteiger partial charge in [0.15, 0.2) is 0 Å². The van der Waals surface area contributed by atoms with Crippen molar-refractivity contribution in [3.8, 4) is 25.7 Å². The van der Waals surface area contributed by atoms with Gasteiger partial charge >= 0.3 is 0 Å². The first-order chi connectivity index (χ1) is 23.3. The first-order valence-corrected chi connectivity index (χ1v) is 17.6. The summed E-state index contributed by atoms with van der Waals surface area (Å²) in [6, 6.07) is 11.3. The summed E-state index contributed by atoms with van der Waals surface area (Å²) in [5.74, 6) is 0.691. The maximum Gasteiger partial charge on any atom is 0.242 e. The van der Waals surface area contributed by atoms with Crippen LogP contribution in [0.2, 0.25) is 0 Å². The second-order valence-electron chi connectivity index (χ2n) is 12.4. The Morgan fingerprint density at radius 2 is 1.41 bits per heavy atom. The van der Waals surface area contributed by atoms with E-state index in [4.69, 9.17) is 4.74 Å². The number of β-amino-alcohol motifs (C(OH)–C–C–N with tert-alkyl or cyclic N) is 1. The lowest BCUT2D eigenvalue weighted by Gasteiger charge is -2.20. The van der Waals surface area contributed by atoms with E-state index in [0.717, 1.165) is 18.9 Å². The number of hydrogen-bond donors (Lipinski definition) is 3. The molecule has 2 saturated heterocycles. The van der Waals surface area contributed by atoms with Crippen LogP contribution in [0, 0.1) is 31.6 Å². The molecule has 2 heterocycles.